The van der Waals surface area contributed by atoms with Gasteiger partial charge < -0.3 is 0 Å². The first-order chi connectivity index (χ1) is 5.20. The van der Waals surface area contributed by atoms with E-state index in [1.165, 1.54) is 0 Å². The molecule has 0 aromatic heterocycles. The Morgan fingerprint density at radius 1 is 1.00 bits per heavy atom. The average molecular weight is 155 g/mol. The normalized spacial score (nSPS) is 7.45. The molecule has 0 spiro atoms. The van der Waals surface area contributed by atoms with Crippen LogP contribution in [0.5, 0.6) is 0 Å². The molecule has 11 heteroatoms. The molecule has 0 aliphatic rings. The van der Waals surface area contributed by atoms with Gasteiger partial charge >= 0.3 is 62.5 Å². The molecule has 0 rings (SSSR count). The van der Waals surface area contributed by atoms with Gasteiger partial charge in [-0.2, -0.15) is 0 Å². The molecule has 0 unspecified atom stereocenters. The Morgan fingerprint density at radius 2 is 1.36 bits per heavy atom. The van der Waals surface area contributed by atoms with E-state index in [0.29, 0.717) is 0 Å². The summed E-state index contributed by atoms with van der Waals surface area (Å²) in [5.41, 5.74) is 0. The van der Waals surface area contributed by atoms with Crippen LogP contribution >= 0.6 is 0 Å². The van der Waals surface area contributed by atoms with Crippen LogP contribution in [0, 0.1) is 0 Å². The van der Waals surface area contributed by atoms with E-state index >= 15 is 0 Å². The van der Waals surface area contributed by atoms with Gasteiger partial charge in [-0.05, 0) is 0 Å². The van der Waals surface area contributed by atoms with Crippen LogP contribution in [0.2, 0.25) is 0 Å². The molecule has 0 heterocycles. The zero-order chi connectivity index (χ0) is 8.69. The summed E-state index contributed by atoms with van der Waals surface area (Å²) >= 11 is 0. The van der Waals surface area contributed by atoms with E-state index in [9.17, 15) is 19.5 Å². The molecule has 7 nitrogen and oxygen atoms in total. The van der Waals surface area contributed by atoms with Crippen molar-refractivity contribution < 1.29 is 33.2 Å². The van der Waals surface area contributed by atoms with Gasteiger partial charge in [0, 0.05) is 0 Å². The topological polar surface area (TPSA) is 108 Å². The third-order valence-corrected chi connectivity index (χ3v) is 0.556. The monoisotopic (exact) mass is 156 g/mol. The second-order valence-electron chi connectivity index (χ2n) is 1.18. The van der Waals surface area contributed by atoms with Crippen molar-refractivity contribution in [2.24, 2.45) is 0 Å². The van der Waals surface area contributed by atoms with Crippen molar-refractivity contribution in [3.8, 4) is 0 Å². The Labute approximate surface area is 63.6 Å². The summed E-state index contributed by atoms with van der Waals surface area (Å²) in [4.78, 5) is 0. The Bertz CT molecular complexity index is 110. The molecular weight excluding hydrogens is 155 g/mol. The van der Waals surface area contributed by atoms with Gasteiger partial charge in [-0.15, -0.1) is 0 Å². The summed E-state index contributed by atoms with van der Waals surface area (Å²) in [5.74, 6) is 0. The molecule has 11 heavy (non-hydrogen) atoms. The molecule has 0 aromatic carbocycles. The molecule has 0 atom stereocenters. The molecule has 0 radical (unpaired) electrons. The van der Waals surface area contributed by atoms with Crippen LogP contribution in [-0.2, 0) is 23.1 Å². The maximum atomic E-state index is 10.1. The van der Waals surface area contributed by atoms with Gasteiger partial charge in [-0.1, -0.05) is 0 Å². The predicted octanol–water partition coefficient (Wildman–Crippen LogP) is -4.34. The third-order valence-electron chi connectivity index (χ3n) is 0.556. The molecule has 0 N–H and O–H groups in total. The Morgan fingerprint density at radius 3 is 1.64 bits per heavy atom. The van der Waals surface area contributed by atoms with Crippen molar-refractivity contribution in [1.29, 1.82) is 0 Å². The van der Waals surface area contributed by atoms with E-state index in [1.54, 1.807) is 0 Å². The van der Waals surface area contributed by atoms with Crippen LogP contribution < -0.4 is 10.0 Å². The summed E-state index contributed by atoms with van der Waals surface area (Å²) in [5, 5.41) is 20.3. The Kier molecular flexibility index (Phi) is 5.71. The van der Waals surface area contributed by atoms with Crippen molar-refractivity contribution in [3.05, 3.63) is 0 Å². The Balaban J connectivity index is 3.46. The molecule has 0 saturated heterocycles. The second-order valence-corrected chi connectivity index (χ2v) is 1.18. The summed E-state index contributed by atoms with van der Waals surface area (Å²) in [7, 11) is -4.92. The SMILES string of the molecule is O=BOB([O-])OB([O-])OB=O. The standard InChI is InChI=1S/B4O7/c5-1-9-3(7)11-4(8)10-2-6/q-2. The molecule has 56 valence electrons. The summed E-state index contributed by atoms with van der Waals surface area (Å²) in [6.07, 6.45) is 0. The van der Waals surface area contributed by atoms with Crippen molar-refractivity contribution in [2.75, 3.05) is 0 Å². The fourth-order valence-electron chi connectivity index (χ4n) is 0.246. The van der Waals surface area contributed by atoms with E-state index < -0.39 is 14.6 Å². The molecular formula is B4O7-2. The summed E-state index contributed by atoms with van der Waals surface area (Å²) in [6.45, 7) is 0. The molecule has 0 aromatic rings. The van der Waals surface area contributed by atoms with E-state index in [0.717, 1.165) is 0 Å². The van der Waals surface area contributed by atoms with Gasteiger partial charge in [0.05, 0.1) is 0 Å². The molecule has 0 amide bonds. The van der Waals surface area contributed by atoms with E-state index in [2.05, 4.69) is 13.7 Å². The zero-order valence-corrected chi connectivity index (χ0v) is 5.17. The van der Waals surface area contributed by atoms with Crippen LogP contribution in [0.15, 0.2) is 0 Å². The van der Waals surface area contributed by atoms with Gasteiger partial charge in [-0.3, -0.25) is 0 Å². The first-order valence-electron chi connectivity index (χ1n) is 2.36. The third kappa shape index (κ3) is 5.77. The van der Waals surface area contributed by atoms with Crippen LogP contribution in [0.3, 0.4) is 0 Å². The van der Waals surface area contributed by atoms with Crippen molar-refractivity contribution >= 4 is 29.3 Å². The quantitative estimate of drug-likeness (QED) is 0.357. The van der Waals surface area contributed by atoms with Crippen LogP contribution in [0.4, 0.5) is 0 Å². The van der Waals surface area contributed by atoms with Gasteiger partial charge in [-0.25, -0.2) is 0 Å². The first-order valence-corrected chi connectivity index (χ1v) is 2.36. The van der Waals surface area contributed by atoms with E-state index in [-0.39, 0.29) is 14.7 Å². The van der Waals surface area contributed by atoms with Crippen LogP contribution in [0.25, 0.3) is 0 Å². The average Bonchev–Trinajstić information content (AvgIpc) is 1.87. The Hall–Kier alpha value is -0.660. The predicted molar refractivity (Wildman–Crippen MR) is 27.6 cm³/mol. The van der Waals surface area contributed by atoms with Gasteiger partial charge in [0.1, 0.15) is 0 Å². The molecule has 0 aliphatic heterocycles. The second kappa shape index (κ2) is 6.08. The van der Waals surface area contributed by atoms with Crippen LogP contribution in [0.1, 0.15) is 0 Å². The number of hydrogen-bond acceptors (Lipinski definition) is 7. The van der Waals surface area contributed by atoms with Gasteiger partial charge in [0.15, 0.2) is 0 Å². The zero-order valence-electron chi connectivity index (χ0n) is 5.17. The van der Waals surface area contributed by atoms with Crippen molar-refractivity contribution in [2.45, 2.75) is 0 Å². The molecule has 0 fully saturated rings. The molecule has 0 bridgehead atoms. The summed E-state index contributed by atoms with van der Waals surface area (Å²) in [6, 6.07) is 0. The van der Waals surface area contributed by atoms with E-state index in [4.69, 9.17) is 0 Å². The van der Waals surface area contributed by atoms with Crippen molar-refractivity contribution in [3.63, 3.8) is 0 Å². The van der Waals surface area contributed by atoms with E-state index in [1.807, 2.05) is 0 Å². The van der Waals surface area contributed by atoms with Crippen LogP contribution in [-0.4, -0.2) is 29.3 Å². The molecule has 0 saturated carbocycles. The van der Waals surface area contributed by atoms with Crippen molar-refractivity contribution in [1.82, 2.24) is 0 Å². The first kappa shape index (κ1) is 10.3. The number of hydrogen-bond donors (Lipinski definition) is 0. The minimum absolute atomic E-state index is 0.189. The van der Waals surface area contributed by atoms with Gasteiger partial charge in [0.2, 0.25) is 0 Å². The number of rotatable bonds is 6. The molecule has 0 aliphatic carbocycles. The fourth-order valence-corrected chi connectivity index (χ4v) is 0.246. The van der Waals surface area contributed by atoms with Gasteiger partial charge in [0.25, 0.3) is 0 Å². The maximum absolute atomic E-state index is 10.1. The minimum atomic E-state index is -2.27. The summed E-state index contributed by atoms with van der Waals surface area (Å²) < 4.78 is 29.8. The fraction of sp³-hybridized carbons (Fsp3) is 0.